The summed E-state index contributed by atoms with van der Waals surface area (Å²) in [5, 5.41) is 3.22. The van der Waals surface area contributed by atoms with E-state index in [4.69, 9.17) is 4.74 Å². The zero-order valence-electron chi connectivity index (χ0n) is 10.4. The van der Waals surface area contributed by atoms with Gasteiger partial charge in [0.1, 0.15) is 5.75 Å². The first-order valence-corrected chi connectivity index (χ1v) is 6.24. The molecule has 3 rings (SSSR count). The molecule has 2 heterocycles. The van der Waals surface area contributed by atoms with Crippen molar-refractivity contribution in [2.24, 2.45) is 0 Å². The third-order valence-corrected chi connectivity index (χ3v) is 3.09. The van der Waals surface area contributed by atoms with Crippen LogP contribution in [0, 0.1) is 0 Å². The molecule has 0 amide bonds. The first-order valence-electron chi connectivity index (χ1n) is 6.24. The van der Waals surface area contributed by atoms with E-state index in [-0.39, 0.29) is 5.78 Å². The van der Waals surface area contributed by atoms with Crippen molar-refractivity contribution in [3.63, 3.8) is 0 Å². The number of hydrogen-bond acceptors (Lipinski definition) is 4. The van der Waals surface area contributed by atoms with Gasteiger partial charge in [0, 0.05) is 18.8 Å². The van der Waals surface area contributed by atoms with Gasteiger partial charge in [-0.25, -0.2) is 0 Å². The van der Waals surface area contributed by atoms with Crippen molar-refractivity contribution in [2.45, 2.75) is 12.5 Å². The van der Waals surface area contributed by atoms with E-state index in [1.165, 1.54) is 0 Å². The van der Waals surface area contributed by atoms with E-state index in [1.54, 1.807) is 12.4 Å². The Hall–Kier alpha value is -2.36. The molecule has 4 heteroatoms. The minimum absolute atomic E-state index is 0.0648. The van der Waals surface area contributed by atoms with Crippen LogP contribution in [-0.4, -0.2) is 23.4 Å². The lowest BCUT2D eigenvalue weighted by Gasteiger charge is -2.26. The highest BCUT2D eigenvalue weighted by atomic mass is 16.5. The summed E-state index contributed by atoms with van der Waals surface area (Å²) in [7, 11) is 0. The summed E-state index contributed by atoms with van der Waals surface area (Å²) in [6.45, 7) is 0.510. The fraction of sp³-hybridized carbons (Fsp3) is 0.200. The lowest BCUT2D eigenvalue weighted by molar-refractivity contribution is -0.124. The number of pyridine rings is 1. The molecule has 0 saturated heterocycles. The Labute approximate surface area is 111 Å². The number of fused-ring (bicyclic) bond motifs is 1. The quantitative estimate of drug-likeness (QED) is 0.911. The number of carbonyl (C=O) groups excluding carboxylic acids is 1. The molecule has 1 aromatic heterocycles. The van der Waals surface area contributed by atoms with Crippen LogP contribution >= 0.6 is 0 Å². The van der Waals surface area contributed by atoms with Gasteiger partial charge in [-0.3, -0.25) is 9.78 Å². The largest absolute Gasteiger partial charge is 0.479 e. The van der Waals surface area contributed by atoms with E-state index < -0.39 is 6.10 Å². The second-order valence-corrected chi connectivity index (χ2v) is 4.49. The highest BCUT2D eigenvalue weighted by Gasteiger charge is 2.25. The molecule has 0 fully saturated rings. The molecule has 96 valence electrons. The Morgan fingerprint density at radius 1 is 1.32 bits per heavy atom. The lowest BCUT2D eigenvalue weighted by Crippen LogP contribution is -2.38. The molecule has 1 unspecified atom stereocenters. The maximum Gasteiger partial charge on any atom is 0.179 e. The highest BCUT2D eigenvalue weighted by Crippen LogP contribution is 2.28. The predicted octanol–water partition coefficient (Wildman–Crippen LogP) is 2.07. The normalized spacial score (nSPS) is 16.9. The van der Waals surface area contributed by atoms with Crippen molar-refractivity contribution in [1.29, 1.82) is 0 Å². The van der Waals surface area contributed by atoms with E-state index in [2.05, 4.69) is 10.3 Å². The number of rotatable bonds is 3. The van der Waals surface area contributed by atoms with Crippen LogP contribution < -0.4 is 10.1 Å². The molecule has 0 saturated carbocycles. The topological polar surface area (TPSA) is 51.2 Å². The Balaban J connectivity index is 1.70. The molecule has 19 heavy (non-hydrogen) atoms. The molecule has 0 spiro atoms. The van der Waals surface area contributed by atoms with Crippen molar-refractivity contribution >= 4 is 11.5 Å². The molecule has 1 atom stereocenters. The Morgan fingerprint density at radius 2 is 2.21 bits per heavy atom. The number of hydrogen-bond donors (Lipinski definition) is 1. The van der Waals surface area contributed by atoms with Crippen LogP contribution in [0.4, 0.5) is 5.69 Å². The van der Waals surface area contributed by atoms with Crippen molar-refractivity contribution in [2.75, 3.05) is 11.9 Å². The van der Waals surface area contributed by atoms with Gasteiger partial charge < -0.3 is 10.1 Å². The molecule has 1 aliphatic rings. The van der Waals surface area contributed by atoms with Gasteiger partial charge in [0.15, 0.2) is 11.9 Å². The average Bonchev–Trinajstić information content (AvgIpc) is 2.48. The van der Waals surface area contributed by atoms with Gasteiger partial charge in [0.25, 0.3) is 0 Å². The molecule has 4 nitrogen and oxygen atoms in total. The number of ketones is 1. The summed E-state index contributed by atoms with van der Waals surface area (Å²) in [5.74, 6) is 0.799. The van der Waals surface area contributed by atoms with Crippen LogP contribution in [0.3, 0.4) is 0 Å². The molecule has 1 N–H and O–H groups in total. The number of nitrogens with one attached hydrogen (secondary N) is 1. The van der Waals surface area contributed by atoms with E-state index in [9.17, 15) is 4.79 Å². The first-order chi connectivity index (χ1) is 9.33. The molecule has 2 aromatic rings. The summed E-state index contributed by atoms with van der Waals surface area (Å²) < 4.78 is 5.73. The van der Waals surface area contributed by atoms with Gasteiger partial charge in [0.05, 0.1) is 12.2 Å². The van der Waals surface area contributed by atoms with Gasteiger partial charge >= 0.3 is 0 Å². The number of nitrogens with zero attached hydrogens (tertiary/aromatic N) is 1. The first kappa shape index (κ1) is 11.7. The van der Waals surface area contributed by atoms with Gasteiger partial charge in [0.2, 0.25) is 0 Å². The second-order valence-electron chi connectivity index (χ2n) is 4.49. The number of carbonyl (C=O) groups is 1. The Kier molecular flexibility index (Phi) is 3.14. The lowest BCUT2D eigenvalue weighted by atomic mass is 10.1. The number of anilines is 1. The number of ether oxygens (including phenoxy) is 1. The van der Waals surface area contributed by atoms with E-state index in [0.29, 0.717) is 13.0 Å². The zero-order chi connectivity index (χ0) is 13.1. The number of Topliss-reactive ketones (excluding diaryl/α,β-unsaturated/α-hetero) is 1. The summed E-state index contributed by atoms with van der Waals surface area (Å²) >= 11 is 0. The maximum atomic E-state index is 12.2. The third kappa shape index (κ3) is 2.57. The minimum atomic E-state index is -0.435. The van der Waals surface area contributed by atoms with Crippen molar-refractivity contribution in [1.82, 2.24) is 4.98 Å². The summed E-state index contributed by atoms with van der Waals surface area (Å²) in [5.41, 5.74) is 1.85. The molecular formula is C15H14N2O2. The second kappa shape index (κ2) is 5.10. The third-order valence-electron chi connectivity index (χ3n) is 3.09. The van der Waals surface area contributed by atoms with E-state index in [0.717, 1.165) is 17.0 Å². The molecule has 0 bridgehead atoms. The summed E-state index contributed by atoms with van der Waals surface area (Å²) in [6.07, 6.45) is 3.32. The number of aromatic nitrogens is 1. The van der Waals surface area contributed by atoms with Crippen molar-refractivity contribution in [3.8, 4) is 5.75 Å². The predicted molar refractivity (Wildman–Crippen MR) is 72.3 cm³/mol. The fourth-order valence-electron chi connectivity index (χ4n) is 2.11. The fourth-order valence-corrected chi connectivity index (χ4v) is 2.11. The smallest absolute Gasteiger partial charge is 0.179 e. The molecule has 1 aromatic carbocycles. The van der Waals surface area contributed by atoms with E-state index >= 15 is 0 Å². The van der Waals surface area contributed by atoms with Gasteiger partial charge in [-0.05, 0) is 23.8 Å². The summed E-state index contributed by atoms with van der Waals surface area (Å²) in [4.78, 5) is 16.2. The van der Waals surface area contributed by atoms with Crippen molar-refractivity contribution < 1.29 is 9.53 Å². The molecule has 0 radical (unpaired) electrons. The molecule has 0 aliphatic carbocycles. The average molecular weight is 254 g/mol. The van der Waals surface area contributed by atoms with Gasteiger partial charge in [-0.2, -0.15) is 0 Å². The highest BCUT2D eigenvalue weighted by molar-refractivity contribution is 5.87. The Morgan fingerprint density at radius 3 is 3.05 bits per heavy atom. The Bertz CT molecular complexity index is 584. The van der Waals surface area contributed by atoms with Crippen LogP contribution in [0.1, 0.15) is 5.56 Å². The minimum Gasteiger partial charge on any atom is -0.479 e. The van der Waals surface area contributed by atoms with Gasteiger partial charge in [-0.1, -0.05) is 18.2 Å². The van der Waals surface area contributed by atoms with Crippen LogP contribution in [0.5, 0.6) is 5.75 Å². The van der Waals surface area contributed by atoms with Crippen LogP contribution in [-0.2, 0) is 11.2 Å². The molecule has 1 aliphatic heterocycles. The molecular weight excluding hydrogens is 240 g/mol. The van der Waals surface area contributed by atoms with Crippen molar-refractivity contribution in [3.05, 3.63) is 54.4 Å². The maximum absolute atomic E-state index is 12.2. The SMILES string of the molecule is O=C(Cc1cccnc1)C1CNc2ccccc2O1. The van der Waals surface area contributed by atoms with E-state index in [1.807, 2.05) is 36.4 Å². The van der Waals surface area contributed by atoms with Gasteiger partial charge in [-0.15, -0.1) is 0 Å². The summed E-state index contributed by atoms with van der Waals surface area (Å²) in [6, 6.07) is 11.4. The number of para-hydroxylation sites is 2. The van der Waals surface area contributed by atoms with Crippen LogP contribution in [0.15, 0.2) is 48.8 Å². The standard InChI is InChI=1S/C15H14N2O2/c18-13(8-11-4-3-7-16-9-11)15-10-17-12-5-1-2-6-14(12)19-15/h1-7,9,15,17H,8,10H2. The zero-order valence-corrected chi connectivity index (χ0v) is 10.4. The monoisotopic (exact) mass is 254 g/mol. The number of benzene rings is 1. The van der Waals surface area contributed by atoms with Crippen LogP contribution in [0.25, 0.3) is 0 Å². The van der Waals surface area contributed by atoms with Crippen LogP contribution in [0.2, 0.25) is 0 Å².